The molecular formula is C19H16N2O5S. The van der Waals surface area contributed by atoms with Crippen molar-refractivity contribution in [1.29, 1.82) is 0 Å². The number of ether oxygens (including phenoxy) is 1. The summed E-state index contributed by atoms with van der Waals surface area (Å²) in [4.78, 5) is 16.2. The van der Waals surface area contributed by atoms with Gasteiger partial charge in [0.1, 0.15) is 11.3 Å². The molecule has 3 aromatic rings. The molecule has 138 valence electrons. The molecular weight excluding hydrogens is 368 g/mol. The molecule has 0 spiro atoms. The average molecular weight is 384 g/mol. The van der Waals surface area contributed by atoms with Crippen molar-refractivity contribution in [2.24, 2.45) is 0 Å². The number of sulfone groups is 1. The number of aryl methyl sites for hydroxylation is 1. The van der Waals surface area contributed by atoms with Gasteiger partial charge in [0, 0.05) is 17.3 Å². The summed E-state index contributed by atoms with van der Waals surface area (Å²) < 4.78 is 29.7. The number of hydrogen-bond donors (Lipinski definition) is 2. The summed E-state index contributed by atoms with van der Waals surface area (Å²) in [5.74, 6) is -0.453. The number of nitrogens with one attached hydrogen (secondary N) is 1. The van der Waals surface area contributed by atoms with Crippen molar-refractivity contribution < 1.29 is 23.1 Å². The Hall–Kier alpha value is -3.13. The molecule has 0 aliphatic carbocycles. The number of rotatable bonds is 4. The minimum atomic E-state index is -3.35. The van der Waals surface area contributed by atoms with Crippen molar-refractivity contribution >= 4 is 38.1 Å². The average Bonchev–Trinajstić information content (AvgIpc) is 2.97. The summed E-state index contributed by atoms with van der Waals surface area (Å²) >= 11 is 0. The molecule has 0 unspecified atom stereocenters. The molecule has 1 aromatic heterocycles. The van der Waals surface area contributed by atoms with Crippen LogP contribution in [-0.2, 0) is 16.3 Å². The Bertz CT molecular complexity index is 1170. The molecule has 0 saturated heterocycles. The SMILES string of the molecule is COc1ccc(Nc2c(C(=O)O)cnc3ccc4c(c23)CCS4(=O)=O)cc1. The Morgan fingerprint density at radius 2 is 1.93 bits per heavy atom. The molecule has 0 bridgehead atoms. The first-order valence-corrected chi connectivity index (χ1v) is 9.87. The van der Waals surface area contributed by atoms with Crippen LogP contribution in [0.1, 0.15) is 15.9 Å². The zero-order valence-corrected chi connectivity index (χ0v) is 15.2. The largest absolute Gasteiger partial charge is 0.497 e. The lowest BCUT2D eigenvalue weighted by Crippen LogP contribution is -2.06. The van der Waals surface area contributed by atoms with E-state index in [1.807, 2.05) is 0 Å². The van der Waals surface area contributed by atoms with Crippen molar-refractivity contribution in [1.82, 2.24) is 4.98 Å². The molecule has 8 heteroatoms. The lowest BCUT2D eigenvalue weighted by Gasteiger charge is -2.15. The summed E-state index contributed by atoms with van der Waals surface area (Å²) in [6, 6.07) is 10.2. The Morgan fingerprint density at radius 1 is 1.19 bits per heavy atom. The van der Waals surface area contributed by atoms with Crippen LogP contribution in [-0.4, -0.2) is 37.3 Å². The molecule has 7 nitrogen and oxygen atoms in total. The second-order valence-corrected chi connectivity index (χ2v) is 8.29. The van der Waals surface area contributed by atoms with Crippen molar-refractivity contribution in [3.8, 4) is 5.75 Å². The van der Waals surface area contributed by atoms with E-state index in [2.05, 4.69) is 10.3 Å². The Morgan fingerprint density at radius 3 is 2.59 bits per heavy atom. The smallest absolute Gasteiger partial charge is 0.339 e. The van der Waals surface area contributed by atoms with Crippen LogP contribution in [0.4, 0.5) is 11.4 Å². The van der Waals surface area contributed by atoms with E-state index >= 15 is 0 Å². The Balaban J connectivity index is 1.97. The maximum atomic E-state index is 12.3. The van der Waals surface area contributed by atoms with Crippen molar-refractivity contribution in [2.75, 3.05) is 18.2 Å². The number of carbonyl (C=O) groups is 1. The fourth-order valence-electron chi connectivity index (χ4n) is 3.33. The Kier molecular flexibility index (Phi) is 4.00. The van der Waals surface area contributed by atoms with Gasteiger partial charge in [0.25, 0.3) is 0 Å². The number of hydrogen-bond acceptors (Lipinski definition) is 6. The number of aromatic nitrogens is 1. The number of fused-ring (bicyclic) bond motifs is 3. The second-order valence-electron chi connectivity index (χ2n) is 6.21. The van der Waals surface area contributed by atoms with Crippen LogP contribution in [0.5, 0.6) is 5.75 Å². The van der Waals surface area contributed by atoms with Crippen LogP contribution < -0.4 is 10.1 Å². The molecule has 1 aliphatic rings. The number of methoxy groups -OCH3 is 1. The number of pyridine rings is 1. The number of anilines is 2. The van der Waals surface area contributed by atoms with Crippen LogP contribution in [0, 0.1) is 0 Å². The predicted molar refractivity (Wildman–Crippen MR) is 101 cm³/mol. The fraction of sp³-hybridized carbons (Fsp3) is 0.158. The van der Waals surface area contributed by atoms with Gasteiger partial charge in [-0.05, 0) is 48.4 Å². The van der Waals surface area contributed by atoms with Crippen LogP contribution >= 0.6 is 0 Å². The van der Waals surface area contributed by atoms with Gasteiger partial charge < -0.3 is 15.2 Å². The topological polar surface area (TPSA) is 106 Å². The predicted octanol–water partition coefficient (Wildman–Crippen LogP) is 3.02. The van der Waals surface area contributed by atoms with E-state index in [0.717, 1.165) is 0 Å². The van der Waals surface area contributed by atoms with Gasteiger partial charge in [0.15, 0.2) is 9.84 Å². The summed E-state index contributed by atoms with van der Waals surface area (Å²) in [7, 11) is -1.79. The van der Waals surface area contributed by atoms with Crippen LogP contribution in [0.25, 0.3) is 10.9 Å². The van der Waals surface area contributed by atoms with Crippen molar-refractivity contribution in [3.05, 3.63) is 53.7 Å². The van der Waals surface area contributed by atoms with E-state index in [1.54, 1.807) is 43.5 Å². The summed E-state index contributed by atoms with van der Waals surface area (Å²) in [5, 5.41) is 13.3. The molecule has 2 aromatic carbocycles. The van der Waals surface area contributed by atoms with Gasteiger partial charge in [-0.15, -0.1) is 0 Å². The zero-order chi connectivity index (χ0) is 19.2. The van der Waals surface area contributed by atoms with Crippen molar-refractivity contribution in [3.63, 3.8) is 0 Å². The zero-order valence-electron chi connectivity index (χ0n) is 14.4. The molecule has 4 rings (SSSR count). The van der Waals surface area contributed by atoms with Gasteiger partial charge >= 0.3 is 5.97 Å². The van der Waals surface area contributed by atoms with Gasteiger partial charge in [0.05, 0.1) is 29.0 Å². The third-order valence-corrected chi connectivity index (χ3v) is 6.44. The van der Waals surface area contributed by atoms with Gasteiger partial charge in [-0.25, -0.2) is 13.2 Å². The number of nitrogens with zero attached hydrogens (tertiary/aromatic N) is 1. The van der Waals surface area contributed by atoms with E-state index in [4.69, 9.17) is 4.74 Å². The highest BCUT2D eigenvalue weighted by Gasteiger charge is 2.30. The molecule has 0 atom stereocenters. The van der Waals surface area contributed by atoms with E-state index in [1.165, 1.54) is 6.20 Å². The normalized spacial score (nSPS) is 14.7. The standard InChI is InChI=1S/C19H16N2O5S/c1-26-12-4-2-11(3-5-12)21-18-14(19(22)23)10-20-15-6-7-16-13(17(15)18)8-9-27(16,24)25/h2-7,10H,8-9H2,1H3,(H,20,21)(H,22,23). The number of benzene rings is 2. The van der Waals surface area contributed by atoms with E-state index in [0.29, 0.717) is 40.0 Å². The highest BCUT2D eigenvalue weighted by molar-refractivity contribution is 7.91. The van der Waals surface area contributed by atoms with Crippen LogP contribution in [0.15, 0.2) is 47.5 Å². The minimum absolute atomic E-state index is 0.0146. The maximum Gasteiger partial charge on any atom is 0.339 e. The monoisotopic (exact) mass is 384 g/mol. The summed E-state index contributed by atoms with van der Waals surface area (Å²) in [5.41, 5.74) is 2.14. The fourth-order valence-corrected chi connectivity index (χ4v) is 4.88. The molecule has 1 aliphatic heterocycles. The lowest BCUT2D eigenvalue weighted by atomic mass is 10.0. The second kappa shape index (κ2) is 6.24. The number of carboxylic acid groups (broad SMARTS) is 1. The maximum absolute atomic E-state index is 12.3. The quantitative estimate of drug-likeness (QED) is 0.712. The first-order valence-electron chi connectivity index (χ1n) is 8.22. The third-order valence-electron chi connectivity index (χ3n) is 4.65. The molecule has 2 N–H and O–H groups in total. The van der Waals surface area contributed by atoms with Gasteiger partial charge in [-0.2, -0.15) is 0 Å². The van der Waals surface area contributed by atoms with Crippen LogP contribution in [0.2, 0.25) is 0 Å². The van der Waals surface area contributed by atoms with Gasteiger partial charge in [-0.1, -0.05) is 0 Å². The van der Waals surface area contributed by atoms with Gasteiger partial charge in [0.2, 0.25) is 0 Å². The lowest BCUT2D eigenvalue weighted by molar-refractivity contribution is 0.0697. The van der Waals surface area contributed by atoms with E-state index in [9.17, 15) is 18.3 Å². The first kappa shape index (κ1) is 17.3. The van der Waals surface area contributed by atoms with Gasteiger partial charge in [-0.3, -0.25) is 4.98 Å². The number of carboxylic acids is 1. The van der Waals surface area contributed by atoms with E-state index < -0.39 is 15.8 Å². The first-order chi connectivity index (χ1) is 12.9. The molecule has 0 amide bonds. The van der Waals surface area contributed by atoms with E-state index in [-0.39, 0.29) is 16.2 Å². The van der Waals surface area contributed by atoms with Crippen LogP contribution in [0.3, 0.4) is 0 Å². The molecule has 0 radical (unpaired) electrons. The minimum Gasteiger partial charge on any atom is -0.497 e. The number of aromatic carboxylic acids is 1. The molecule has 0 fully saturated rings. The highest BCUT2D eigenvalue weighted by atomic mass is 32.2. The molecule has 0 saturated carbocycles. The third kappa shape index (κ3) is 2.87. The van der Waals surface area contributed by atoms with Crippen molar-refractivity contribution in [2.45, 2.75) is 11.3 Å². The summed E-state index contributed by atoms with van der Waals surface area (Å²) in [6.07, 6.45) is 1.61. The molecule has 27 heavy (non-hydrogen) atoms. The summed E-state index contributed by atoms with van der Waals surface area (Å²) in [6.45, 7) is 0. The molecule has 2 heterocycles. The Labute approximate surface area is 155 Å². The highest BCUT2D eigenvalue weighted by Crippen LogP contribution is 2.38.